The van der Waals surface area contributed by atoms with Crippen LogP contribution < -0.4 is 10.2 Å². The van der Waals surface area contributed by atoms with Crippen LogP contribution in [0.2, 0.25) is 0 Å². The molecule has 1 saturated heterocycles. The van der Waals surface area contributed by atoms with E-state index in [1.807, 2.05) is 0 Å². The molecule has 1 unspecified atom stereocenters. The van der Waals surface area contributed by atoms with Crippen LogP contribution in [0.15, 0.2) is 11.4 Å². The van der Waals surface area contributed by atoms with Crippen LogP contribution in [0.4, 0.5) is 11.8 Å². The SMILES string of the molecule is CCNc1nc(N2CCCC2CC)c2ccsc2n1. The van der Waals surface area contributed by atoms with Gasteiger partial charge >= 0.3 is 0 Å². The topological polar surface area (TPSA) is 41.1 Å². The second kappa shape index (κ2) is 5.33. The van der Waals surface area contributed by atoms with Gasteiger partial charge in [-0.25, -0.2) is 4.98 Å². The number of hydrogen-bond acceptors (Lipinski definition) is 5. The molecule has 1 aliphatic heterocycles. The summed E-state index contributed by atoms with van der Waals surface area (Å²) in [4.78, 5) is 12.9. The Balaban J connectivity index is 2.07. The first-order chi connectivity index (χ1) is 9.33. The number of rotatable bonds is 4. The zero-order chi connectivity index (χ0) is 13.2. The highest BCUT2D eigenvalue weighted by molar-refractivity contribution is 7.16. The monoisotopic (exact) mass is 276 g/mol. The van der Waals surface area contributed by atoms with Crippen molar-refractivity contribution in [1.82, 2.24) is 9.97 Å². The van der Waals surface area contributed by atoms with Gasteiger partial charge in [0.05, 0.1) is 5.39 Å². The third-order valence-electron chi connectivity index (χ3n) is 3.76. The normalized spacial score (nSPS) is 19.3. The van der Waals surface area contributed by atoms with Gasteiger partial charge in [-0.05, 0) is 37.6 Å². The molecule has 3 heterocycles. The minimum atomic E-state index is 0.632. The minimum Gasteiger partial charge on any atom is -0.354 e. The van der Waals surface area contributed by atoms with Crippen molar-refractivity contribution >= 4 is 33.3 Å². The van der Waals surface area contributed by atoms with E-state index in [0.717, 1.165) is 29.7 Å². The van der Waals surface area contributed by atoms with Crippen molar-refractivity contribution in [2.75, 3.05) is 23.3 Å². The second-order valence-corrected chi connectivity index (χ2v) is 5.83. The maximum Gasteiger partial charge on any atom is 0.226 e. The van der Waals surface area contributed by atoms with Gasteiger partial charge in [-0.2, -0.15) is 4.98 Å². The maximum atomic E-state index is 4.75. The van der Waals surface area contributed by atoms with E-state index in [4.69, 9.17) is 4.98 Å². The number of anilines is 2. The third kappa shape index (κ3) is 2.27. The molecule has 5 heteroatoms. The zero-order valence-electron chi connectivity index (χ0n) is 11.5. The average molecular weight is 276 g/mol. The molecule has 1 N–H and O–H groups in total. The Morgan fingerprint density at radius 3 is 3.11 bits per heavy atom. The van der Waals surface area contributed by atoms with Gasteiger partial charge in [0, 0.05) is 19.1 Å². The molecule has 0 bridgehead atoms. The molecule has 0 aliphatic carbocycles. The van der Waals surface area contributed by atoms with Crippen molar-refractivity contribution in [1.29, 1.82) is 0 Å². The minimum absolute atomic E-state index is 0.632. The lowest BCUT2D eigenvalue weighted by Gasteiger charge is -2.25. The maximum absolute atomic E-state index is 4.75. The zero-order valence-corrected chi connectivity index (χ0v) is 12.3. The number of fused-ring (bicyclic) bond motifs is 1. The highest BCUT2D eigenvalue weighted by Gasteiger charge is 2.26. The highest BCUT2D eigenvalue weighted by Crippen LogP contribution is 2.34. The Labute approximate surface area is 117 Å². The molecular formula is C14H20N4S. The number of thiophene rings is 1. The Bertz CT molecular complexity index is 566. The van der Waals surface area contributed by atoms with Gasteiger partial charge in [-0.1, -0.05) is 6.92 Å². The molecule has 0 saturated carbocycles. The van der Waals surface area contributed by atoms with E-state index < -0.39 is 0 Å². The quantitative estimate of drug-likeness (QED) is 0.928. The summed E-state index contributed by atoms with van der Waals surface area (Å²) in [5, 5.41) is 6.55. The lowest BCUT2D eigenvalue weighted by atomic mass is 10.1. The van der Waals surface area contributed by atoms with Crippen molar-refractivity contribution in [3.8, 4) is 0 Å². The fourth-order valence-electron chi connectivity index (χ4n) is 2.83. The van der Waals surface area contributed by atoms with Crippen LogP contribution in [0.25, 0.3) is 10.2 Å². The van der Waals surface area contributed by atoms with Crippen LogP contribution in [0.1, 0.15) is 33.1 Å². The fraction of sp³-hybridized carbons (Fsp3) is 0.571. The van der Waals surface area contributed by atoms with Gasteiger partial charge in [0.15, 0.2) is 0 Å². The third-order valence-corrected chi connectivity index (χ3v) is 4.57. The van der Waals surface area contributed by atoms with Crippen LogP contribution >= 0.6 is 11.3 Å². The molecule has 0 spiro atoms. The van der Waals surface area contributed by atoms with Crippen LogP contribution in [-0.4, -0.2) is 29.1 Å². The molecule has 1 aliphatic rings. The van der Waals surface area contributed by atoms with Crippen LogP contribution in [0.5, 0.6) is 0 Å². The summed E-state index contributed by atoms with van der Waals surface area (Å²) >= 11 is 1.69. The summed E-state index contributed by atoms with van der Waals surface area (Å²) in [6.07, 6.45) is 3.74. The smallest absolute Gasteiger partial charge is 0.226 e. The lowest BCUT2D eigenvalue weighted by Crippen LogP contribution is -2.29. The molecule has 0 radical (unpaired) electrons. The molecule has 4 nitrogen and oxygen atoms in total. The van der Waals surface area contributed by atoms with E-state index in [-0.39, 0.29) is 0 Å². The number of hydrogen-bond donors (Lipinski definition) is 1. The Kier molecular flexibility index (Phi) is 3.55. The first-order valence-electron chi connectivity index (χ1n) is 7.09. The van der Waals surface area contributed by atoms with Gasteiger partial charge in [0.25, 0.3) is 0 Å². The van der Waals surface area contributed by atoms with Gasteiger partial charge in [-0.15, -0.1) is 11.3 Å². The summed E-state index contributed by atoms with van der Waals surface area (Å²) in [6.45, 7) is 6.31. The molecule has 102 valence electrons. The lowest BCUT2D eigenvalue weighted by molar-refractivity contribution is 0.642. The molecule has 19 heavy (non-hydrogen) atoms. The number of nitrogens with zero attached hydrogens (tertiary/aromatic N) is 3. The Morgan fingerprint density at radius 2 is 2.32 bits per heavy atom. The summed E-state index contributed by atoms with van der Waals surface area (Å²) < 4.78 is 0. The van der Waals surface area contributed by atoms with Gasteiger partial charge < -0.3 is 10.2 Å². The van der Waals surface area contributed by atoms with E-state index in [0.29, 0.717) is 6.04 Å². The number of nitrogens with one attached hydrogen (secondary N) is 1. The standard InChI is InChI=1S/C14H20N4S/c1-3-10-6-5-8-18(10)12-11-7-9-19-13(11)17-14(16-12)15-4-2/h7,9-10H,3-6,8H2,1-2H3,(H,15,16,17). The molecule has 2 aromatic rings. The summed E-state index contributed by atoms with van der Waals surface area (Å²) in [5.74, 6) is 1.88. The van der Waals surface area contributed by atoms with Gasteiger partial charge in [-0.3, -0.25) is 0 Å². The summed E-state index contributed by atoms with van der Waals surface area (Å²) in [7, 11) is 0. The van der Waals surface area contributed by atoms with Crippen molar-refractivity contribution in [2.45, 2.75) is 39.2 Å². The van der Waals surface area contributed by atoms with Gasteiger partial charge in [0.1, 0.15) is 10.6 Å². The van der Waals surface area contributed by atoms with E-state index in [1.54, 1.807) is 11.3 Å². The van der Waals surface area contributed by atoms with Gasteiger partial charge in [0.2, 0.25) is 5.95 Å². The second-order valence-electron chi connectivity index (χ2n) is 4.94. The van der Waals surface area contributed by atoms with Crippen molar-refractivity contribution in [2.24, 2.45) is 0 Å². The Hall–Kier alpha value is -1.36. The first kappa shape index (κ1) is 12.7. The number of aromatic nitrogens is 2. The fourth-order valence-corrected chi connectivity index (χ4v) is 3.59. The van der Waals surface area contributed by atoms with Crippen LogP contribution in [0, 0.1) is 0 Å². The Morgan fingerprint density at radius 1 is 1.42 bits per heavy atom. The molecule has 1 fully saturated rings. The molecule has 0 amide bonds. The molecule has 3 rings (SSSR count). The van der Waals surface area contributed by atoms with E-state index in [9.17, 15) is 0 Å². The van der Waals surface area contributed by atoms with Crippen LogP contribution in [-0.2, 0) is 0 Å². The highest BCUT2D eigenvalue weighted by atomic mass is 32.1. The summed E-state index contributed by atoms with van der Waals surface area (Å²) in [6, 6.07) is 2.78. The van der Waals surface area contributed by atoms with E-state index in [2.05, 4.69) is 40.5 Å². The van der Waals surface area contributed by atoms with Crippen molar-refractivity contribution in [3.05, 3.63) is 11.4 Å². The van der Waals surface area contributed by atoms with Crippen LogP contribution in [0.3, 0.4) is 0 Å². The molecule has 2 aromatic heterocycles. The average Bonchev–Trinajstić information content (AvgIpc) is 3.06. The molecular weight excluding hydrogens is 256 g/mol. The predicted octanol–water partition coefficient (Wildman–Crippen LogP) is 3.50. The summed E-state index contributed by atoms with van der Waals surface area (Å²) in [5.41, 5.74) is 0. The largest absolute Gasteiger partial charge is 0.354 e. The molecule has 0 aromatic carbocycles. The predicted molar refractivity (Wildman–Crippen MR) is 82.2 cm³/mol. The van der Waals surface area contributed by atoms with E-state index >= 15 is 0 Å². The van der Waals surface area contributed by atoms with Crippen molar-refractivity contribution < 1.29 is 0 Å². The first-order valence-corrected chi connectivity index (χ1v) is 7.97. The van der Waals surface area contributed by atoms with Crippen molar-refractivity contribution in [3.63, 3.8) is 0 Å². The molecule has 1 atom stereocenters. The van der Waals surface area contributed by atoms with E-state index in [1.165, 1.54) is 24.6 Å².